The van der Waals surface area contributed by atoms with Crippen LogP contribution in [0.2, 0.25) is 0 Å². The quantitative estimate of drug-likeness (QED) is 0.643. The van der Waals surface area contributed by atoms with Crippen molar-refractivity contribution >= 4 is 0 Å². The van der Waals surface area contributed by atoms with Crippen LogP contribution in [-0.4, -0.2) is 18.3 Å². The first-order valence-corrected chi connectivity index (χ1v) is 4.85. The van der Waals surface area contributed by atoms with E-state index in [9.17, 15) is 0 Å². The second-order valence-corrected chi connectivity index (χ2v) is 4.46. The summed E-state index contributed by atoms with van der Waals surface area (Å²) in [7, 11) is 0. The second-order valence-electron chi connectivity index (χ2n) is 4.46. The Kier molecular flexibility index (Phi) is 5.51. The highest BCUT2D eigenvalue weighted by atomic mass is 16.3. The zero-order valence-corrected chi connectivity index (χ0v) is 8.64. The Morgan fingerprint density at radius 1 is 1.42 bits per heavy atom. The van der Waals surface area contributed by atoms with Crippen LogP contribution in [0, 0.1) is 11.3 Å². The lowest BCUT2D eigenvalue weighted by molar-refractivity contribution is 0.135. The zero-order chi connectivity index (χ0) is 9.61. The minimum atomic E-state index is -0.0467. The molecule has 0 aromatic heterocycles. The molecular weight excluding hydrogens is 150 g/mol. The van der Waals surface area contributed by atoms with Gasteiger partial charge in [-0.3, -0.25) is 0 Å². The third-order valence-electron chi connectivity index (χ3n) is 2.44. The summed E-state index contributed by atoms with van der Waals surface area (Å²) in [6.07, 6.45) is 3.44. The summed E-state index contributed by atoms with van der Waals surface area (Å²) in [6.45, 7) is 7.29. The first-order chi connectivity index (χ1) is 5.54. The van der Waals surface area contributed by atoms with Crippen molar-refractivity contribution in [3.05, 3.63) is 0 Å². The van der Waals surface area contributed by atoms with E-state index in [1.54, 1.807) is 0 Å². The molecule has 1 unspecified atom stereocenters. The summed E-state index contributed by atoms with van der Waals surface area (Å²) in [4.78, 5) is 0. The molecule has 0 aromatic carbocycles. The van der Waals surface area contributed by atoms with Crippen molar-refractivity contribution in [1.29, 1.82) is 0 Å². The van der Waals surface area contributed by atoms with Crippen molar-refractivity contribution in [1.82, 2.24) is 0 Å². The van der Waals surface area contributed by atoms with Gasteiger partial charge >= 0.3 is 0 Å². The van der Waals surface area contributed by atoms with E-state index in [2.05, 4.69) is 13.8 Å². The Morgan fingerprint density at radius 2 is 2.00 bits per heavy atom. The first-order valence-electron chi connectivity index (χ1n) is 4.85. The van der Waals surface area contributed by atoms with Crippen LogP contribution in [-0.2, 0) is 0 Å². The van der Waals surface area contributed by atoms with Crippen LogP contribution in [0.3, 0.4) is 0 Å². The largest absolute Gasteiger partial charge is 0.396 e. The van der Waals surface area contributed by atoms with E-state index < -0.39 is 0 Å². The summed E-state index contributed by atoms with van der Waals surface area (Å²) in [6, 6.07) is 0. The lowest BCUT2D eigenvalue weighted by Gasteiger charge is -2.25. The molecule has 0 spiro atoms. The third kappa shape index (κ3) is 4.73. The fourth-order valence-corrected chi connectivity index (χ4v) is 1.18. The molecule has 1 atom stereocenters. The number of aliphatic hydroxyl groups excluding tert-OH is 1. The van der Waals surface area contributed by atoms with Crippen LogP contribution in [0.5, 0.6) is 0 Å². The molecule has 74 valence electrons. The van der Waals surface area contributed by atoms with Crippen LogP contribution in [0.15, 0.2) is 0 Å². The van der Waals surface area contributed by atoms with E-state index in [0.29, 0.717) is 6.54 Å². The molecule has 12 heavy (non-hydrogen) atoms. The van der Waals surface area contributed by atoms with Crippen LogP contribution in [0.1, 0.15) is 40.0 Å². The van der Waals surface area contributed by atoms with Crippen molar-refractivity contribution in [2.45, 2.75) is 40.0 Å². The Bertz CT molecular complexity index is 108. The molecular formula is C10H23NO. The second kappa shape index (κ2) is 5.55. The van der Waals surface area contributed by atoms with E-state index in [1.165, 1.54) is 12.8 Å². The number of aliphatic hydroxyl groups is 1. The monoisotopic (exact) mass is 173 g/mol. The normalized spacial score (nSPS) is 16.5. The van der Waals surface area contributed by atoms with Gasteiger partial charge in [-0.15, -0.1) is 0 Å². The molecule has 0 aromatic rings. The highest BCUT2D eigenvalue weighted by molar-refractivity contribution is 4.73. The maximum atomic E-state index is 9.07. The van der Waals surface area contributed by atoms with E-state index in [4.69, 9.17) is 10.8 Å². The van der Waals surface area contributed by atoms with E-state index in [1.807, 2.05) is 6.92 Å². The van der Waals surface area contributed by atoms with Gasteiger partial charge in [-0.1, -0.05) is 33.6 Å². The summed E-state index contributed by atoms with van der Waals surface area (Å²) >= 11 is 0. The van der Waals surface area contributed by atoms with E-state index >= 15 is 0 Å². The molecule has 0 aliphatic rings. The van der Waals surface area contributed by atoms with E-state index in [0.717, 1.165) is 12.3 Å². The van der Waals surface area contributed by atoms with Gasteiger partial charge in [0.1, 0.15) is 0 Å². The number of nitrogens with two attached hydrogens (primary N) is 1. The molecule has 0 fully saturated rings. The maximum absolute atomic E-state index is 9.07. The number of hydrogen-bond acceptors (Lipinski definition) is 2. The maximum Gasteiger partial charge on any atom is 0.0496 e. The topological polar surface area (TPSA) is 46.2 Å². The Labute approximate surface area is 76.2 Å². The van der Waals surface area contributed by atoms with Crippen LogP contribution in [0.25, 0.3) is 0 Å². The highest BCUT2D eigenvalue weighted by Crippen LogP contribution is 2.22. The molecule has 0 aliphatic carbocycles. The predicted octanol–water partition coefficient (Wildman–Crippen LogP) is 1.77. The van der Waals surface area contributed by atoms with Crippen LogP contribution < -0.4 is 5.73 Å². The molecule has 0 radical (unpaired) electrons. The number of hydrogen-bond donors (Lipinski definition) is 2. The molecule has 0 saturated heterocycles. The predicted molar refractivity (Wildman–Crippen MR) is 52.9 cm³/mol. The Morgan fingerprint density at radius 3 is 2.33 bits per heavy atom. The van der Waals surface area contributed by atoms with Gasteiger partial charge in [0.05, 0.1) is 0 Å². The molecule has 2 nitrogen and oxygen atoms in total. The van der Waals surface area contributed by atoms with Crippen molar-refractivity contribution in [3.63, 3.8) is 0 Å². The van der Waals surface area contributed by atoms with Gasteiger partial charge in [-0.05, 0) is 18.9 Å². The molecule has 0 saturated carbocycles. The van der Waals surface area contributed by atoms with Crippen molar-refractivity contribution < 1.29 is 5.11 Å². The minimum absolute atomic E-state index is 0.0467. The van der Waals surface area contributed by atoms with Gasteiger partial charge in [0.15, 0.2) is 0 Å². The van der Waals surface area contributed by atoms with Gasteiger partial charge in [0.25, 0.3) is 0 Å². The van der Waals surface area contributed by atoms with Gasteiger partial charge in [-0.2, -0.15) is 0 Å². The standard InChI is InChI=1S/C10H23NO/c1-9(2)5-4-6-10(3,7-11)8-12/h9,12H,4-8,11H2,1-3H3. The minimum Gasteiger partial charge on any atom is -0.396 e. The van der Waals surface area contributed by atoms with Gasteiger partial charge in [-0.25, -0.2) is 0 Å². The average molecular weight is 173 g/mol. The van der Waals surface area contributed by atoms with Crippen molar-refractivity contribution in [2.24, 2.45) is 17.1 Å². The Balaban J connectivity index is 3.58. The first kappa shape index (κ1) is 11.9. The molecule has 0 rings (SSSR count). The molecule has 3 N–H and O–H groups in total. The molecule has 0 bridgehead atoms. The van der Waals surface area contributed by atoms with Crippen LogP contribution in [0.4, 0.5) is 0 Å². The average Bonchev–Trinajstić information content (AvgIpc) is 2.03. The molecule has 0 amide bonds. The van der Waals surface area contributed by atoms with Crippen LogP contribution >= 0.6 is 0 Å². The third-order valence-corrected chi connectivity index (χ3v) is 2.44. The van der Waals surface area contributed by atoms with Gasteiger partial charge in [0, 0.05) is 12.0 Å². The smallest absolute Gasteiger partial charge is 0.0496 e. The summed E-state index contributed by atoms with van der Waals surface area (Å²) in [5.74, 6) is 0.755. The van der Waals surface area contributed by atoms with Crippen molar-refractivity contribution in [2.75, 3.05) is 13.2 Å². The Hall–Kier alpha value is -0.0800. The molecule has 0 heterocycles. The van der Waals surface area contributed by atoms with E-state index in [-0.39, 0.29) is 12.0 Å². The fraction of sp³-hybridized carbons (Fsp3) is 1.00. The summed E-state index contributed by atoms with van der Waals surface area (Å²) < 4.78 is 0. The SMILES string of the molecule is CC(C)CCCC(C)(CN)CO. The lowest BCUT2D eigenvalue weighted by atomic mass is 9.85. The molecule has 2 heteroatoms. The fourth-order valence-electron chi connectivity index (χ4n) is 1.18. The zero-order valence-electron chi connectivity index (χ0n) is 8.64. The van der Waals surface area contributed by atoms with Gasteiger partial charge in [0.2, 0.25) is 0 Å². The summed E-state index contributed by atoms with van der Waals surface area (Å²) in [5.41, 5.74) is 5.53. The molecule has 0 aliphatic heterocycles. The highest BCUT2D eigenvalue weighted by Gasteiger charge is 2.20. The number of rotatable bonds is 6. The van der Waals surface area contributed by atoms with Crippen molar-refractivity contribution in [3.8, 4) is 0 Å². The van der Waals surface area contributed by atoms with Gasteiger partial charge < -0.3 is 10.8 Å². The lowest BCUT2D eigenvalue weighted by Crippen LogP contribution is -2.30. The summed E-state index contributed by atoms with van der Waals surface area (Å²) in [5, 5.41) is 9.07.